The number of anilines is 1. The van der Waals surface area contributed by atoms with Crippen LogP contribution in [-0.4, -0.2) is 22.2 Å². The molecular weight excluding hydrogens is 156 g/mol. The van der Waals surface area contributed by atoms with E-state index in [1.54, 1.807) is 6.92 Å². The molecule has 1 rings (SSSR count). The summed E-state index contributed by atoms with van der Waals surface area (Å²) in [6.07, 6.45) is 0. The van der Waals surface area contributed by atoms with Crippen molar-refractivity contribution in [3.63, 3.8) is 0 Å². The van der Waals surface area contributed by atoms with E-state index in [0.717, 1.165) is 0 Å². The fourth-order valence-corrected chi connectivity index (χ4v) is 0.974. The minimum atomic E-state index is -0.285. The molecule has 0 spiro atoms. The summed E-state index contributed by atoms with van der Waals surface area (Å²) < 4.78 is 0. The molecule has 0 bridgehead atoms. The third-order valence-corrected chi connectivity index (χ3v) is 1.46. The molecule has 0 saturated carbocycles. The first-order valence-corrected chi connectivity index (χ1v) is 3.76. The van der Waals surface area contributed by atoms with Crippen LogP contribution in [-0.2, 0) is 0 Å². The molecule has 0 saturated heterocycles. The molecule has 66 valence electrons. The zero-order chi connectivity index (χ0) is 9.14. The first kappa shape index (κ1) is 8.58. The predicted molar refractivity (Wildman–Crippen MR) is 48.1 cm³/mol. The highest BCUT2D eigenvalue weighted by atomic mass is 16.1. The van der Waals surface area contributed by atoms with Crippen molar-refractivity contribution in [1.82, 2.24) is 9.97 Å². The summed E-state index contributed by atoms with van der Waals surface area (Å²) in [5.41, 5.74) is 0.582. The molecule has 12 heavy (non-hydrogen) atoms. The summed E-state index contributed by atoms with van der Waals surface area (Å²) in [4.78, 5) is 15.9. The van der Waals surface area contributed by atoms with Crippen LogP contribution in [0, 0.1) is 5.41 Å². The largest absolute Gasteiger partial charge is 0.370 e. The number of rotatable bonds is 3. The summed E-state index contributed by atoms with van der Waals surface area (Å²) in [5, 5.41) is 10.3. The van der Waals surface area contributed by atoms with Crippen LogP contribution in [0.1, 0.15) is 19.5 Å². The maximum atomic E-state index is 10.8. The van der Waals surface area contributed by atoms with E-state index in [9.17, 15) is 4.79 Å². The van der Waals surface area contributed by atoms with E-state index in [0.29, 0.717) is 23.8 Å². The van der Waals surface area contributed by atoms with Gasteiger partial charge in [0.2, 0.25) is 0 Å². The highest BCUT2D eigenvalue weighted by Crippen LogP contribution is 2.06. The lowest BCUT2D eigenvalue weighted by atomic mass is 10.3. The monoisotopic (exact) mass is 168 g/mol. The third kappa shape index (κ3) is 1.55. The second-order valence-corrected chi connectivity index (χ2v) is 2.48. The maximum absolute atomic E-state index is 10.8. The number of H-pyrrole nitrogens is 2. The standard InChI is InChI=1S/C7H12N4O/c1-3-9-6-5(4(2)8)10-7(12)11-6/h8-9H,3H2,1-2H3,(H2,10,11,12). The van der Waals surface area contributed by atoms with Crippen LogP contribution in [0.5, 0.6) is 0 Å². The molecule has 0 unspecified atom stereocenters. The Bertz CT molecular complexity index is 335. The Morgan fingerprint density at radius 2 is 2.25 bits per heavy atom. The Morgan fingerprint density at radius 3 is 2.75 bits per heavy atom. The minimum absolute atomic E-state index is 0.285. The number of hydrogen-bond donors (Lipinski definition) is 4. The van der Waals surface area contributed by atoms with E-state index in [1.165, 1.54) is 0 Å². The second-order valence-electron chi connectivity index (χ2n) is 2.48. The average molecular weight is 168 g/mol. The van der Waals surface area contributed by atoms with Crippen molar-refractivity contribution in [2.24, 2.45) is 0 Å². The van der Waals surface area contributed by atoms with Gasteiger partial charge in [0.1, 0.15) is 11.5 Å². The maximum Gasteiger partial charge on any atom is 0.325 e. The fraction of sp³-hybridized carbons (Fsp3) is 0.429. The lowest BCUT2D eigenvalue weighted by molar-refractivity contribution is 1.15. The van der Waals surface area contributed by atoms with E-state index in [-0.39, 0.29) is 5.69 Å². The van der Waals surface area contributed by atoms with Crippen molar-refractivity contribution in [2.45, 2.75) is 13.8 Å². The molecule has 0 atom stereocenters. The molecule has 0 amide bonds. The fourth-order valence-electron chi connectivity index (χ4n) is 0.974. The Morgan fingerprint density at radius 1 is 1.58 bits per heavy atom. The zero-order valence-corrected chi connectivity index (χ0v) is 7.12. The summed E-state index contributed by atoms with van der Waals surface area (Å²) in [6, 6.07) is 0. The molecule has 5 nitrogen and oxygen atoms in total. The van der Waals surface area contributed by atoms with Gasteiger partial charge in [-0.25, -0.2) is 4.79 Å². The number of imidazole rings is 1. The van der Waals surface area contributed by atoms with Crippen LogP contribution < -0.4 is 11.0 Å². The van der Waals surface area contributed by atoms with Crippen molar-refractivity contribution >= 4 is 11.5 Å². The van der Waals surface area contributed by atoms with Crippen LogP contribution in [0.4, 0.5) is 5.82 Å². The number of aromatic nitrogens is 2. The Balaban J connectivity index is 3.08. The van der Waals surface area contributed by atoms with Crippen molar-refractivity contribution < 1.29 is 0 Å². The van der Waals surface area contributed by atoms with Gasteiger partial charge in [0.15, 0.2) is 0 Å². The molecule has 0 fully saturated rings. The number of hydrogen-bond acceptors (Lipinski definition) is 3. The van der Waals surface area contributed by atoms with Crippen LogP contribution in [0.2, 0.25) is 0 Å². The molecule has 0 aliphatic heterocycles. The molecule has 0 radical (unpaired) electrons. The first-order chi connectivity index (χ1) is 5.65. The quantitative estimate of drug-likeness (QED) is 0.496. The van der Waals surface area contributed by atoms with Gasteiger partial charge in [-0.15, -0.1) is 0 Å². The molecule has 0 aliphatic carbocycles. The van der Waals surface area contributed by atoms with E-state index in [4.69, 9.17) is 5.41 Å². The third-order valence-electron chi connectivity index (χ3n) is 1.46. The van der Waals surface area contributed by atoms with E-state index >= 15 is 0 Å². The van der Waals surface area contributed by atoms with Gasteiger partial charge >= 0.3 is 5.69 Å². The van der Waals surface area contributed by atoms with Crippen molar-refractivity contribution in [3.8, 4) is 0 Å². The van der Waals surface area contributed by atoms with Gasteiger partial charge in [-0.2, -0.15) is 0 Å². The van der Waals surface area contributed by atoms with Gasteiger partial charge in [0, 0.05) is 6.54 Å². The summed E-state index contributed by atoms with van der Waals surface area (Å²) in [5.74, 6) is 0.593. The van der Waals surface area contributed by atoms with Gasteiger partial charge in [-0.05, 0) is 13.8 Å². The normalized spacial score (nSPS) is 9.83. The van der Waals surface area contributed by atoms with Gasteiger partial charge in [-0.1, -0.05) is 0 Å². The van der Waals surface area contributed by atoms with Crippen LogP contribution in [0.3, 0.4) is 0 Å². The second kappa shape index (κ2) is 3.25. The van der Waals surface area contributed by atoms with Crippen LogP contribution >= 0.6 is 0 Å². The first-order valence-electron chi connectivity index (χ1n) is 3.76. The molecule has 0 aromatic carbocycles. The highest BCUT2D eigenvalue weighted by Gasteiger charge is 2.06. The van der Waals surface area contributed by atoms with E-state index in [1.807, 2.05) is 6.92 Å². The molecule has 5 heteroatoms. The van der Waals surface area contributed by atoms with E-state index in [2.05, 4.69) is 15.3 Å². The zero-order valence-electron chi connectivity index (χ0n) is 7.12. The lowest BCUT2D eigenvalue weighted by Gasteiger charge is -2.00. The van der Waals surface area contributed by atoms with Gasteiger partial charge in [0.25, 0.3) is 0 Å². The SMILES string of the molecule is CCNc1[nH]c(=O)[nH]c1C(C)=N. The average Bonchev–Trinajstić information content (AvgIpc) is 2.32. The molecule has 4 N–H and O–H groups in total. The molecule has 1 aromatic heterocycles. The summed E-state index contributed by atoms with van der Waals surface area (Å²) >= 11 is 0. The summed E-state index contributed by atoms with van der Waals surface area (Å²) in [7, 11) is 0. The van der Waals surface area contributed by atoms with Crippen molar-refractivity contribution in [3.05, 3.63) is 16.2 Å². The Hall–Kier alpha value is -1.52. The Labute approximate surface area is 69.7 Å². The minimum Gasteiger partial charge on any atom is -0.370 e. The van der Waals surface area contributed by atoms with E-state index < -0.39 is 0 Å². The van der Waals surface area contributed by atoms with Gasteiger partial charge in [-0.3, -0.25) is 4.98 Å². The number of nitrogens with one attached hydrogen (secondary N) is 4. The number of aromatic amines is 2. The predicted octanol–water partition coefficient (Wildman–Crippen LogP) is 0.523. The van der Waals surface area contributed by atoms with Gasteiger partial charge in [0.05, 0.1) is 5.71 Å². The topological polar surface area (TPSA) is 84.5 Å². The smallest absolute Gasteiger partial charge is 0.325 e. The Kier molecular flexibility index (Phi) is 2.32. The molecular formula is C7H12N4O. The van der Waals surface area contributed by atoms with Crippen molar-refractivity contribution in [2.75, 3.05) is 11.9 Å². The molecule has 1 heterocycles. The summed E-state index contributed by atoms with van der Waals surface area (Å²) in [6.45, 7) is 4.27. The van der Waals surface area contributed by atoms with Gasteiger partial charge < -0.3 is 15.7 Å². The molecule has 0 aliphatic rings. The van der Waals surface area contributed by atoms with Crippen LogP contribution in [0.15, 0.2) is 4.79 Å². The highest BCUT2D eigenvalue weighted by molar-refractivity contribution is 5.98. The van der Waals surface area contributed by atoms with Crippen LogP contribution in [0.25, 0.3) is 0 Å². The van der Waals surface area contributed by atoms with Crippen molar-refractivity contribution in [1.29, 1.82) is 5.41 Å². The lowest BCUT2D eigenvalue weighted by Crippen LogP contribution is -2.03. The molecule has 1 aromatic rings.